The Morgan fingerprint density at radius 3 is 2.30 bits per heavy atom. The van der Waals surface area contributed by atoms with Crippen molar-refractivity contribution in [2.75, 3.05) is 0 Å². The van der Waals surface area contributed by atoms with Crippen LogP contribution < -0.4 is 0 Å². The average Bonchev–Trinajstić information content (AvgIpc) is 2.84. The third-order valence-corrected chi connectivity index (χ3v) is 9.39. The normalized spacial score (nSPS) is 54.9. The van der Waals surface area contributed by atoms with Gasteiger partial charge in [-0.1, -0.05) is 27.2 Å². The predicted molar refractivity (Wildman–Crippen MR) is 92.7 cm³/mol. The van der Waals surface area contributed by atoms with Gasteiger partial charge in [0.25, 0.3) is 0 Å². The Morgan fingerprint density at radius 1 is 0.826 bits per heavy atom. The van der Waals surface area contributed by atoms with Crippen molar-refractivity contribution in [1.29, 1.82) is 0 Å². The van der Waals surface area contributed by atoms with Gasteiger partial charge >= 0.3 is 0 Å². The Bertz CT molecular complexity index is 472. The van der Waals surface area contributed by atoms with Gasteiger partial charge in [0.2, 0.25) is 0 Å². The monoisotopic (exact) mass is 320 g/mol. The summed E-state index contributed by atoms with van der Waals surface area (Å²) in [5.41, 5.74) is 0.967. The van der Waals surface area contributed by atoms with Crippen molar-refractivity contribution in [2.24, 2.45) is 40.4 Å². The van der Waals surface area contributed by atoms with Crippen LogP contribution in [0.15, 0.2) is 0 Å². The topological polar surface area (TPSA) is 40.5 Å². The van der Waals surface area contributed by atoms with Crippen molar-refractivity contribution in [3.05, 3.63) is 0 Å². The van der Waals surface area contributed by atoms with Crippen molar-refractivity contribution in [1.82, 2.24) is 0 Å². The second kappa shape index (κ2) is 5.21. The molecule has 4 rings (SSSR count). The fraction of sp³-hybridized carbons (Fsp3) is 1.00. The summed E-state index contributed by atoms with van der Waals surface area (Å²) in [6.07, 6.45) is 11.9. The average molecular weight is 321 g/mol. The smallest absolute Gasteiger partial charge is 0.162 e. The molecular formula is C21H36O2. The summed E-state index contributed by atoms with van der Waals surface area (Å²) >= 11 is 0. The molecule has 4 aliphatic rings. The van der Waals surface area contributed by atoms with E-state index < -0.39 is 5.79 Å². The molecule has 0 radical (unpaired) electrons. The van der Waals surface area contributed by atoms with E-state index in [1.54, 1.807) is 0 Å². The summed E-state index contributed by atoms with van der Waals surface area (Å²) in [6, 6.07) is 0. The number of rotatable bonds is 1. The van der Waals surface area contributed by atoms with E-state index in [2.05, 4.69) is 20.8 Å². The molecule has 0 amide bonds. The molecule has 0 aromatic heterocycles. The first-order valence-electron chi connectivity index (χ1n) is 10.2. The van der Waals surface area contributed by atoms with Gasteiger partial charge in [0.15, 0.2) is 5.79 Å². The second-order valence-corrected chi connectivity index (χ2v) is 10.1. The zero-order valence-corrected chi connectivity index (χ0v) is 15.4. The highest BCUT2D eigenvalue weighted by atomic mass is 16.5. The molecule has 0 heterocycles. The SMILES string of the molecule is CC[C@H]1CC[C@H]2[C@@H]3CC[C@H]4CC(O)(O)CC[C@]4(C)[C@H]3CC[C@]12C. The van der Waals surface area contributed by atoms with Gasteiger partial charge in [-0.2, -0.15) is 0 Å². The molecule has 0 saturated heterocycles. The first-order chi connectivity index (χ1) is 10.8. The zero-order valence-electron chi connectivity index (χ0n) is 15.4. The Hall–Kier alpha value is -0.0800. The largest absolute Gasteiger partial charge is 0.366 e. The molecule has 2 nitrogen and oxygen atoms in total. The quantitative estimate of drug-likeness (QED) is 0.685. The van der Waals surface area contributed by atoms with E-state index in [0.717, 1.165) is 30.1 Å². The molecule has 4 aliphatic carbocycles. The fourth-order valence-electron chi connectivity index (χ4n) is 8.01. The minimum atomic E-state index is -1.39. The maximum Gasteiger partial charge on any atom is 0.162 e. The first kappa shape index (κ1) is 16.4. The van der Waals surface area contributed by atoms with Gasteiger partial charge in [0, 0.05) is 12.8 Å². The molecule has 2 heteroatoms. The van der Waals surface area contributed by atoms with Crippen molar-refractivity contribution in [3.63, 3.8) is 0 Å². The van der Waals surface area contributed by atoms with Crippen molar-refractivity contribution < 1.29 is 10.2 Å². The molecule has 0 aliphatic heterocycles. The van der Waals surface area contributed by atoms with E-state index in [-0.39, 0.29) is 0 Å². The molecule has 4 saturated carbocycles. The van der Waals surface area contributed by atoms with Gasteiger partial charge in [0.1, 0.15) is 0 Å². The van der Waals surface area contributed by atoms with Crippen LogP contribution >= 0.6 is 0 Å². The van der Waals surface area contributed by atoms with Crippen molar-refractivity contribution in [2.45, 2.75) is 90.8 Å². The molecule has 0 aromatic rings. The minimum Gasteiger partial charge on any atom is -0.366 e. The number of fused-ring (bicyclic) bond motifs is 5. The molecule has 132 valence electrons. The predicted octanol–water partition coefficient (Wildman–Crippen LogP) is 4.74. The van der Waals surface area contributed by atoms with Gasteiger partial charge in [-0.15, -0.1) is 0 Å². The molecule has 0 bridgehead atoms. The van der Waals surface area contributed by atoms with E-state index in [9.17, 15) is 10.2 Å². The molecule has 7 atom stereocenters. The number of hydrogen-bond acceptors (Lipinski definition) is 2. The van der Waals surface area contributed by atoms with Crippen LogP contribution in [-0.4, -0.2) is 16.0 Å². The maximum atomic E-state index is 10.1. The highest BCUT2D eigenvalue weighted by molar-refractivity contribution is 5.09. The number of hydrogen-bond donors (Lipinski definition) is 2. The summed E-state index contributed by atoms with van der Waals surface area (Å²) in [5.74, 6) is 2.79. The van der Waals surface area contributed by atoms with E-state index in [0.29, 0.717) is 29.6 Å². The summed E-state index contributed by atoms with van der Waals surface area (Å²) in [5, 5.41) is 20.3. The first-order valence-corrected chi connectivity index (χ1v) is 10.2. The van der Waals surface area contributed by atoms with Crippen LogP contribution in [0.3, 0.4) is 0 Å². The Labute approximate surface area is 142 Å². The van der Waals surface area contributed by atoms with E-state index in [1.807, 2.05) is 0 Å². The van der Waals surface area contributed by atoms with Gasteiger partial charge < -0.3 is 10.2 Å². The molecule has 23 heavy (non-hydrogen) atoms. The third-order valence-electron chi connectivity index (χ3n) is 9.39. The van der Waals surface area contributed by atoms with Crippen molar-refractivity contribution >= 4 is 0 Å². The molecular weight excluding hydrogens is 284 g/mol. The van der Waals surface area contributed by atoms with E-state index >= 15 is 0 Å². The van der Waals surface area contributed by atoms with Crippen LogP contribution in [0.5, 0.6) is 0 Å². The fourth-order valence-corrected chi connectivity index (χ4v) is 8.01. The summed E-state index contributed by atoms with van der Waals surface area (Å²) < 4.78 is 0. The molecule has 4 fully saturated rings. The summed E-state index contributed by atoms with van der Waals surface area (Å²) in [4.78, 5) is 0. The Morgan fingerprint density at radius 2 is 1.57 bits per heavy atom. The Balaban J connectivity index is 1.60. The maximum absolute atomic E-state index is 10.1. The highest BCUT2D eigenvalue weighted by Crippen LogP contribution is 2.68. The zero-order chi connectivity index (χ0) is 16.5. The lowest BCUT2D eigenvalue weighted by Crippen LogP contribution is -2.55. The second-order valence-electron chi connectivity index (χ2n) is 10.1. The number of aliphatic hydroxyl groups is 2. The van der Waals surface area contributed by atoms with Gasteiger partial charge in [-0.25, -0.2) is 0 Å². The minimum absolute atomic E-state index is 0.365. The van der Waals surface area contributed by atoms with Gasteiger partial charge in [-0.3, -0.25) is 0 Å². The van der Waals surface area contributed by atoms with Crippen molar-refractivity contribution in [3.8, 4) is 0 Å². The van der Waals surface area contributed by atoms with E-state index in [1.165, 1.54) is 44.9 Å². The highest BCUT2D eigenvalue weighted by Gasteiger charge is 2.60. The Kier molecular flexibility index (Phi) is 3.71. The molecule has 0 aromatic carbocycles. The molecule has 2 N–H and O–H groups in total. The van der Waals surface area contributed by atoms with E-state index in [4.69, 9.17) is 0 Å². The standard InChI is InChI=1S/C21H36O2/c1-4-14-6-8-17-16-7-5-15-13-21(22,23)12-11-20(15,3)18(16)9-10-19(14,17)2/h14-18,22-23H,4-13H2,1-3H3/t14-,15-,16-,17-,18-,19+,20-/m0/s1. The molecule has 0 unspecified atom stereocenters. The summed E-state index contributed by atoms with van der Waals surface area (Å²) in [7, 11) is 0. The van der Waals surface area contributed by atoms with Crippen LogP contribution in [0.1, 0.15) is 85.0 Å². The van der Waals surface area contributed by atoms with Crippen LogP contribution in [0.4, 0.5) is 0 Å². The van der Waals surface area contributed by atoms with Gasteiger partial charge in [-0.05, 0) is 85.4 Å². The van der Waals surface area contributed by atoms with Gasteiger partial charge in [0.05, 0.1) is 0 Å². The van der Waals surface area contributed by atoms with Crippen LogP contribution in [-0.2, 0) is 0 Å². The third kappa shape index (κ3) is 2.27. The lowest BCUT2D eigenvalue weighted by Gasteiger charge is -2.61. The summed E-state index contributed by atoms with van der Waals surface area (Å²) in [6.45, 7) is 7.50. The van der Waals surface area contributed by atoms with Crippen LogP contribution in [0, 0.1) is 40.4 Å². The van der Waals surface area contributed by atoms with Crippen LogP contribution in [0.25, 0.3) is 0 Å². The lowest BCUT2D eigenvalue weighted by atomic mass is 9.44. The van der Waals surface area contributed by atoms with Crippen LogP contribution in [0.2, 0.25) is 0 Å². The lowest BCUT2D eigenvalue weighted by molar-refractivity contribution is -0.233. The molecule has 0 spiro atoms.